The van der Waals surface area contributed by atoms with Crippen molar-refractivity contribution in [2.75, 3.05) is 5.32 Å². The molecule has 3 rings (SSSR count). The summed E-state index contributed by atoms with van der Waals surface area (Å²) in [6, 6.07) is 4.51. The Morgan fingerprint density at radius 1 is 1.33 bits per heavy atom. The Bertz CT molecular complexity index is 806. The molecular weight excluding hydrogens is 303 g/mol. The number of aromatic nitrogens is 2. The fourth-order valence-electron chi connectivity index (χ4n) is 1.86. The van der Waals surface area contributed by atoms with Gasteiger partial charge in [0, 0.05) is 23.5 Å². The quantitative estimate of drug-likeness (QED) is 0.785. The number of hydrogen-bond donors (Lipinski definition) is 1. The zero-order chi connectivity index (χ0) is 15.0. The summed E-state index contributed by atoms with van der Waals surface area (Å²) in [5.41, 5.74) is -0.391. The van der Waals surface area contributed by atoms with Crippen LogP contribution in [0.5, 0.6) is 0 Å². The van der Waals surface area contributed by atoms with Crippen LogP contribution >= 0.6 is 11.3 Å². The van der Waals surface area contributed by atoms with Crippen LogP contribution in [0.1, 0.15) is 16.1 Å². The van der Waals surface area contributed by atoms with Gasteiger partial charge in [0.2, 0.25) is 0 Å². The lowest BCUT2D eigenvalue weighted by Crippen LogP contribution is -2.14. The van der Waals surface area contributed by atoms with Crippen LogP contribution in [0.2, 0.25) is 0 Å². The normalized spacial score (nSPS) is 11.8. The lowest BCUT2D eigenvalue weighted by atomic mass is 10.2. The third-order valence-corrected chi connectivity index (χ3v) is 3.68. The molecule has 1 amide bonds. The van der Waals surface area contributed by atoms with Crippen molar-refractivity contribution < 1.29 is 18.0 Å². The van der Waals surface area contributed by atoms with Gasteiger partial charge in [0.15, 0.2) is 4.96 Å². The summed E-state index contributed by atoms with van der Waals surface area (Å²) in [4.78, 5) is 16.8. The van der Waals surface area contributed by atoms with E-state index in [-0.39, 0.29) is 5.69 Å². The molecule has 3 aromatic rings. The second kappa shape index (κ2) is 4.88. The Morgan fingerprint density at radius 3 is 2.90 bits per heavy atom. The second-order valence-electron chi connectivity index (χ2n) is 4.23. The first-order chi connectivity index (χ1) is 9.95. The molecule has 0 aliphatic heterocycles. The van der Waals surface area contributed by atoms with Crippen molar-refractivity contribution in [3.8, 4) is 0 Å². The van der Waals surface area contributed by atoms with Gasteiger partial charge in [-0.3, -0.25) is 9.20 Å². The van der Waals surface area contributed by atoms with Crippen LogP contribution in [0, 0.1) is 0 Å². The maximum absolute atomic E-state index is 12.6. The highest BCUT2D eigenvalue weighted by molar-refractivity contribution is 7.15. The second-order valence-corrected chi connectivity index (χ2v) is 5.07. The van der Waals surface area contributed by atoms with E-state index in [9.17, 15) is 18.0 Å². The van der Waals surface area contributed by atoms with Gasteiger partial charge in [-0.05, 0) is 18.2 Å². The Labute approximate surface area is 120 Å². The summed E-state index contributed by atoms with van der Waals surface area (Å²) >= 11 is 1.28. The number of benzene rings is 1. The molecule has 0 spiro atoms. The van der Waals surface area contributed by atoms with Gasteiger partial charge in [0.25, 0.3) is 5.91 Å². The number of carbonyl (C=O) groups excluding carboxylic acids is 1. The molecule has 0 fully saturated rings. The van der Waals surface area contributed by atoms with Gasteiger partial charge in [0.05, 0.1) is 5.56 Å². The molecule has 1 N–H and O–H groups in total. The van der Waals surface area contributed by atoms with E-state index < -0.39 is 17.6 Å². The lowest BCUT2D eigenvalue weighted by molar-refractivity contribution is -0.137. The van der Waals surface area contributed by atoms with Crippen molar-refractivity contribution in [2.45, 2.75) is 6.18 Å². The number of thiazole rings is 1. The molecule has 0 radical (unpaired) electrons. The van der Waals surface area contributed by atoms with Crippen LogP contribution in [-0.2, 0) is 6.18 Å². The third kappa shape index (κ3) is 2.62. The summed E-state index contributed by atoms with van der Waals surface area (Å²) < 4.78 is 39.4. The SMILES string of the molecule is O=C(Nc1cccc(C(F)(F)F)c1)c1csc2nccn12. The molecule has 8 heteroatoms. The molecular formula is C13H8F3N3OS. The molecule has 1 aromatic carbocycles. The minimum atomic E-state index is -4.44. The first kappa shape index (κ1) is 13.6. The van der Waals surface area contributed by atoms with Gasteiger partial charge in [-0.1, -0.05) is 6.07 Å². The fraction of sp³-hybridized carbons (Fsp3) is 0.0769. The highest BCUT2D eigenvalue weighted by Crippen LogP contribution is 2.30. The largest absolute Gasteiger partial charge is 0.416 e. The number of carbonyl (C=O) groups is 1. The van der Waals surface area contributed by atoms with Crippen LogP contribution in [0.3, 0.4) is 0 Å². The Morgan fingerprint density at radius 2 is 2.14 bits per heavy atom. The standard InChI is InChI=1S/C13H8F3N3OS/c14-13(15,16)8-2-1-3-9(6-8)18-11(20)10-7-21-12-17-4-5-19(10)12/h1-7H,(H,18,20). The topological polar surface area (TPSA) is 46.4 Å². The number of imidazole rings is 1. The van der Waals surface area contributed by atoms with Gasteiger partial charge in [0.1, 0.15) is 5.69 Å². The zero-order valence-electron chi connectivity index (χ0n) is 10.4. The van der Waals surface area contributed by atoms with Crippen molar-refractivity contribution >= 4 is 27.9 Å². The number of rotatable bonds is 2. The molecule has 0 bridgehead atoms. The van der Waals surface area contributed by atoms with Gasteiger partial charge < -0.3 is 5.32 Å². The molecule has 0 aliphatic rings. The van der Waals surface area contributed by atoms with E-state index in [1.807, 2.05) is 0 Å². The van der Waals surface area contributed by atoms with Crippen molar-refractivity contribution in [3.05, 3.63) is 53.3 Å². The number of nitrogens with zero attached hydrogens (tertiary/aromatic N) is 2. The number of anilines is 1. The van der Waals surface area contributed by atoms with E-state index in [0.29, 0.717) is 10.7 Å². The molecule has 0 atom stereocenters. The summed E-state index contributed by atoms with van der Waals surface area (Å²) in [7, 11) is 0. The van der Waals surface area contributed by atoms with Crippen LogP contribution in [0.4, 0.5) is 18.9 Å². The number of fused-ring (bicyclic) bond motifs is 1. The molecule has 0 saturated carbocycles. The van der Waals surface area contributed by atoms with E-state index in [0.717, 1.165) is 12.1 Å². The molecule has 0 unspecified atom stereocenters. The number of hydrogen-bond acceptors (Lipinski definition) is 3. The van der Waals surface area contributed by atoms with Crippen molar-refractivity contribution in [2.24, 2.45) is 0 Å². The van der Waals surface area contributed by atoms with Crippen LogP contribution in [0.15, 0.2) is 42.0 Å². The van der Waals surface area contributed by atoms with Gasteiger partial charge in [-0.2, -0.15) is 13.2 Å². The van der Waals surface area contributed by atoms with E-state index in [2.05, 4.69) is 10.3 Å². The summed E-state index contributed by atoms with van der Waals surface area (Å²) in [6.45, 7) is 0. The summed E-state index contributed by atoms with van der Waals surface area (Å²) in [5, 5.41) is 4.06. The van der Waals surface area contributed by atoms with Gasteiger partial charge in [-0.25, -0.2) is 4.98 Å². The molecule has 0 aliphatic carbocycles. The van der Waals surface area contributed by atoms with Crippen LogP contribution in [0.25, 0.3) is 4.96 Å². The maximum Gasteiger partial charge on any atom is 0.416 e. The average molecular weight is 311 g/mol. The lowest BCUT2D eigenvalue weighted by Gasteiger charge is -2.09. The van der Waals surface area contributed by atoms with E-state index >= 15 is 0 Å². The first-order valence-electron chi connectivity index (χ1n) is 5.84. The Hall–Kier alpha value is -2.35. The van der Waals surface area contributed by atoms with E-state index in [1.165, 1.54) is 23.5 Å². The smallest absolute Gasteiger partial charge is 0.321 e. The predicted molar refractivity (Wildman–Crippen MR) is 72.5 cm³/mol. The monoisotopic (exact) mass is 311 g/mol. The van der Waals surface area contributed by atoms with E-state index in [4.69, 9.17) is 0 Å². The maximum atomic E-state index is 12.6. The van der Waals surface area contributed by atoms with Crippen LogP contribution in [-0.4, -0.2) is 15.3 Å². The Balaban J connectivity index is 1.87. The molecule has 2 heterocycles. The molecule has 21 heavy (non-hydrogen) atoms. The minimum absolute atomic E-state index is 0.0919. The number of halogens is 3. The first-order valence-corrected chi connectivity index (χ1v) is 6.72. The molecule has 4 nitrogen and oxygen atoms in total. The zero-order valence-corrected chi connectivity index (χ0v) is 11.2. The highest BCUT2D eigenvalue weighted by atomic mass is 32.1. The van der Waals surface area contributed by atoms with Crippen molar-refractivity contribution in [1.82, 2.24) is 9.38 Å². The molecule has 2 aromatic heterocycles. The summed E-state index contributed by atoms with van der Waals surface area (Å²) in [5.74, 6) is -0.487. The molecule has 108 valence electrons. The number of alkyl halides is 3. The number of amides is 1. The third-order valence-electron chi connectivity index (χ3n) is 2.82. The van der Waals surface area contributed by atoms with Crippen LogP contribution < -0.4 is 5.32 Å². The van der Waals surface area contributed by atoms with Gasteiger partial charge in [-0.15, -0.1) is 11.3 Å². The predicted octanol–water partition coefficient (Wildman–Crippen LogP) is 3.67. The average Bonchev–Trinajstić information content (AvgIpc) is 2.99. The highest BCUT2D eigenvalue weighted by Gasteiger charge is 2.30. The molecule has 0 saturated heterocycles. The van der Waals surface area contributed by atoms with Crippen molar-refractivity contribution in [1.29, 1.82) is 0 Å². The summed E-state index contributed by atoms with van der Waals surface area (Å²) in [6.07, 6.45) is -1.28. The Kier molecular flexibility index (Phi) is 3.17. The van der Waals surface area contributed by atoms with Crippen molar-refractivity contribution in [3.63, 3.8) is 0 Å². The van der Waals surface area contributed by atoms with Gasteiger partial charge >= 0.3 is 6.18 Å². The fourth-order valence-corrected chi connectivity index (χ4v) is 2.69. The minimum Gasteiger partial charge on any atom is -0.321 e. The van der Waals surface area contributed by atoms with E-state index in [1.54, 1.807) is 22.2 Å². The number of nitrogens with one attached hydrogen (secondary N) is 1.